The SMILES string of the molecule is COc1ccc(CCNc2nc(O)c(NC(=O)c3ccco3)c(=O)[nH]2)cc1. The van der Waals surface area contributed by atoms with Crippen molar-refractivity contribution >= 4 is 17.5 Å². The Labute approximate surface area is 154 Å². The standard InChI is InChI=1S/C18H18N4O5/c1-26-12-6-4-11(5-7-12)8-9-19-18-21-16(24)14(17(25)22-18)20-15(23)13-3-2-10-27-13/h2-7,10H,8-9H2,1H3,(H,20,23)(H3,19,21,22,24,25). The third kappa shape index (κ3) is 4.46. The Morgan fingerprint density at radius 3 is 2.70 bits per heavy atom. The van der Waals surface area contributed by atoms with Crippen LogP contribution in [0.25, 0.3) is 0 Å². The molecular formula is C18H18N4O5. The first kappa shape index (κ1) is 18.1. The number of hydrogen-bond donors (Lipinski definition) is 4. The van der Waals surface area contributed by atoms with Crippen molar-refractivity contribution in [3.05, 3.63) is 64.3 Å². The molecule has 0 aliphatic carbocycles. The van der Waals surface area contributed by atoms with Gasteiger partial charge in [0.1, 0.15) is 5.75 Å². The number of methoxy groups -OCH3 is 1. The number of aromatic hydroxyl groups is 1. The van der Waals surface area contributed by atoms with E-state index in [1.54, 1.807) is 7.11 Å². The van der Waals surface area contributed by atoms with Gasteiger partial charge in [-0.2, -0.15) is 4.98 Å². The van der Waals surface area contributed by atoms with Crippen LogP contribution in [0.5, 0.6) is 11.6 Å². The minimum absolute atomic E-state index is 0.00972. The van der Waals surface area contributed by atoms with Gasteiger partial charge in [0.25, 0.3) is 11.5 Å². The smallest absolute Gasteiger partial charge is 0.291 e. The molecule has 0 bridgehead atoms. The lowest BCUT2D eigenvalue weighted by molar-refractivity contribution is 0.0996. The molecule has 3 rings (SSSR count). The summed E-state index contributed by atoms with van der Waals surface area (Å²) in [6.07, 6.45) is 2.00. The number of rotatable bonds is 7. The van der Waals surface area contributed by atoms with Gasteiger partial charge in [-0.15, -0.1) is 0 Å². The van der Waals surface area contributed by atoms with Crippen LogP contribution in [0.3, 0.4) is 0 Å². The molecule has 4 N–H and O–H groups in total. The van der Waals surface area contributed by atoms with Crippen molar-refractivity contribution in [3.63, 3.8) is 0 Å². The van der Waals surface area contributed by atoms with Gasteiger partial charge < -0.3 is 24.9 Å². The molecule has 0 spiro atoms. The maximum Gasteiger partial charge on any atom is 0.291 e. The Kier molecular flexibility index (Phi) is 5.41. The van der Waals surface area contributed by atoms with Crippen molar-refractivity contribution in [2.45, 2.75) is 6.42 Å². The molecule has 0 saturated carbocycles. The Bertz CT molecular complexity index is 964. The number of anilines is 2. The summed E-state index contributed by atoms with van der Waals surface area (Å²) in [7, 11) is 1.60. The zero-order valence-corrected chi connectivity index (χ0v) is 14.5. The molecule has 1 amide bonds. The van der Waals surface area contributed by atoms with Gasteiger partial charge in [0.05, 0.1) is 13.4 Å². The highest BCUT2D eigenvalue weighted by atomic mass is 16.5. The Morgan fingerprint density at radius 1 is 1.30 bits per heavy atom. The molecule has 2 heterocycles. The molecule has 9 nitrogen and oxygen atoms in total. The van der Waals surface area contributed by atoms with E-state index in [4.69, 9.17) is 9.15 Å². The Balaban J connectivity index is 1.62. The van der Waals surface area contributed by atoms with Crippen molar-refractivity contribution in [1.29, 1.82) is 0 Å². The zero-order chi connectivity index (χ0) is 19.2. The highest BCUT2D eigenvalue weighted by Crippen LogP contribution is 2.17. The number of furan rings is 1. The van der Waals surface area contributed by atoms with Crippen LogP contribution in [0.15, 0.2) is 51.9 Å². The predicted octanol–water partition coefficient (Wildman–Crippen LogP) is 1.98. The van der Waals surface area contributed by atoms with Crippen molar-refractivity contribution < 1.29 is 19.1 Å². The molecule has 0 aliphatic rings. The first-order valence-corrected chi connectivity index (χ1v) is 8.12. The molecule has 0 aliphatic heterocycles. The van der Waals surface area contributed by atoms with E-state index in [1.165, 1.54) is 18.4 Å². The van der Waals surface area contributed by atoms with Gasteiger partial charge in [0.15, 0.2) is 11.4 Å². The highest BCUT2D eigenvalue weighted by Gasteiger charge is 2.16. The lowest BCUT2D eigenvalue weighted by Gasteiger charge is -2.09. The topological polar surface area (TPSA) is 129 Å². The number of carbonyl (C=O) groups excluding carboxylic acids is 1. The van der Waals surface area contributed by atoms with Gasteiger partial charge in [-0.05, 0) is 36.2 Å². The van der Waals surface area contributed by atoms with Crippen molar-refractivity contribution in [1.82, 2.24) is 9.97 Å². The minimum Gasteiger partial charge on any atom is -0.497 e. The number of benzene rings is 1. The first-order valence-electron chi connectivity index (χ1n) is 8.12. The lowest BCUT2D eigenvalue weighted by atomic mass is 10.1. The maximum atomic E-state index is 12.1. The fourth-order valence-corrected chi connectivity index (χ4v) is 2.36. The van der Waals surface area contributed by atoms with E-state index in [1.807, 2.05) is 24.3 Å². The number of carbonyl (C=O) groups is 1. The van der Waals surface area contributed by atoms with Crippen LogP contribution < -0.4 is 20.9 Å². The van der Waals surface area contributed by atoms with E-state index in [9.17, 15) is 14.7 Å². The van der Waals surface area contributed by atoms with Crippen LogP contribution >= 0.6 is 0 Å². The molecule has 9 heteroatoms. The second-order valence-corrected chi connectivity index (χ2v) is 5.57. The fourth-order valence-electron chi connectivity index (χ4n) is 2.36. The predicted molar refractivity (Wildman–Crippen MR) is 98.4 cm³/mol. The fraction of sp³-hybridized carbons (Fsp3) is 0.167. The number of amides is 1. The number of aromatic amines is 1. The summed E-state index contributed by atoms with van der Waals surface area (Å²) in [6.45, 7) is 0.479. The quantitative estimate of drug-likeness (QED) is 0.500. The van der Waals surface area contributed by atoms with Crippen molar-refractivity contribution in [2.24, 2.45) is 0 Å². The lowest BCUT2D eigenvalue weighted by Crippen LogP contribution is -2.22. The molecule has 0 radical (unpaired) electrons. The Hall–Kier alpha value is -3.75. The molecule has 0 saturated heterocycles. The molecule has 3 aromatic rings. The molecule has 0 fully saturated rings. The summed E-state index contributed by atoms with van der Waals surface area (Å²) in [5.74, 6) is -0.374. The first-order chi connectivity index (χ1) is 13.1. The molecule has 0 unspecified atom stereocenters. The van der Waals surface area contributed by atoms with Gasteiger partial charge in [0.2, 0.25) is 11.8 Å². The minimum atomic E-state index is -0.686. The normalized spacial score (nSPS) is 10.4. The van der Waals surface area contributed by atoms with Gasteiger partial charge in [-0.25, -0.2) is 0 Å². The number of hydrogen-bond acceptors (Lipinski definition) is 7. The van der Waals surface area contributed by atoms with Crippen molar-refractivity contribution in [3.8, 4) is 11.6 Å². The van der Waals surface area contributed by atoms with E-state index in [-0.39, 0.29) is 17.4 Å². The van der Waals surface area contributed by atoms with Crippen LogP contribution in [-0.4, -0.2) is 34.6 Å². The van der Waals surface area contributed by atoms with Crippen LogP contribution in [0.2, 0.25) is 0 Å². The van der Waals surface area contributed by atoms with Gasteiger partial charge in [0, 0.05) is 6.54 Å². The highest BCUT2D eigenvalue weighted by molar-refractivity contribution is 6.02. The summed E-state index contributed by atoms with van der Waals surface area (Å²) in [4.78, 5) is 30.4. The number of H-pyrrole nitrogens is 1. The second kappa shape index (κ2) is 8.09. The molecule has 0 atom stereocenters. The van der Waals surface area contributed by atoms with E-state index in [0.29, 0.717) is 13.0 Å². The summed E-state index contributed by atoms with van der Waals surface area (Å²) in [6, 6.07) is 10.6. The van der Waals surface area contributed by atoms with Crippen LogP contribution in [0.4, 0.5) is 11.6 Å². The molecule has 27 heavy (non-hydrogen) atoms. The van der Waals surface area contributed by atoms with Crippen LogP contribution in [0.1, 0.15) is 16.1 Å². The molecule has 1 aromatic carbocycles. The van der Waals surface area contributed by atoms with E-state index in [2.05, 4.69) is 20.6 Å². The van der Waals surface area contributed by atoms with Gasteiger partial charge in [-0.1, -0.05) is 12.1 Å². The third-order valence-corrected chi connectivity index (χ3v) is 3.75. The van der Waals surface area contributed by atoms with E-state index >= 15 is 0 Å². The van der Waals surface area contributed by atoms with Crippen LogP contribution in [-0.2, 0) is 6.42 Å². The monoisotopic (exact) mass is 370 g/mol. The molecule has 140 valence electrons. The van der Waals surface area contributed by atoms with Crippen molar-refractivity contribution in [2.75, 3.05) is 24.3 Å². The average Bonchev–Trinajstić information content (AvgIpc) is 3.20. The number of aromatic nitrogens is 2. The third-order valence-electron chi connectivity index (χ3n) is 3.75. The molecular weight excluding hydrogens is 352 g/mol. The number of ether oxygens (including phenoxy) is 1. The van der Waals surface area contributed by atoms with Gasteiger partial charge >= 0.3 is 0 Å². The summed E-state index contributed by atoms with van der Waals surface area (Å²) in [5.41, 5.74) is 0.0312. The molecule has 2 aromatic heterocycles. The second-order valence-electron chi connectivity index (χ2n) is 5.57. The largest absolute Gasteiger partial charge is 0.497 e. The number of nitrogens with zero attached hydrogens (tertiary/aromatic N) is 1. The average molecular weight is 370 g/mol. The van der Waals surface area contributed by atoms with Crippen LogP contribution in [0, 0.1) is 0 Å². The number of nitrogens with one attached hydrogen (secondary N) is 3. The summed E-state index contributed by atoms with van der Waals surface area (Å²) in [5, 5.41) is 15.2. The Morgan fingerprint density at radius 2 is 2.07 bits per heavy atom. The summed E-state index contributed by atoms with van der Waals surface area (Å²) >= 11 is 0. The maximum absolute atomic E-state index is 12.1. The van der Waals surface area contributed by atoms with E-state index in [0.717, 1.165) is 11.3 Å². The van der Waals surface area contributed by atoms with E-state index < -0.39 is 17.3 Å². The zero-order valence-electron chi connectivity index (χ0n) is 14.5. The summed E-state index contributed by atoms with van der Waals surface area (Å²) < 4.78 is 10.0. The van der Waals surface area contributed by atoms with Gasteiger partial charge in [-0.3, -0.25) is 14.6 Å².